The molecular formula is C24H26Cl2N2O6. The van der Waals surface area contributed by atoms with E-state index in [1.54, 1.807) is 25.1 Å². The molecule has 1 atom stereocenters. The molecule has 0 heterocycles. The summed E-state index contributed by atoms with van der Waals surface area (Å²) < 4.78 is 10.4. The first kappa shape index (κ1) is 27.3. The van der Waals surface area contributed by atoms with E-state index in [9.17, 15) is 19.2 Å². The van der Waals surface area contributed by atoms with Gasteiger partial charge in [0.1, 0.15) is 13.2 Å². The van der Waals surface area contributed by atoms with Gasteiger partial charge in [0.2, 0.25) is 5.91 Å². The minimum Gasteiger partial charge on any atom is -0.445 e. The Labute approximate surface area is 207 Å². The Morgan fingerprint density at radius 3 is 2.18 bits per heavy atom. The van der Waals surface area contributed by atoms with Gasteiger partial charge in [-0.1, -0.05) is 66.5 Å². The molecule has 0 bridgehead atoms. The van der Waals surface area contributed by atoms with Crippen LogP contribution in [0, 0.1) is 5.92 Å². The predicted molar refractivity (Wildman–Crippen MR) is 128 cm³/mol. The summed E-state index contributed by atoms with van der Waals surface area (Å²) in [5, 5.41) is 5.71. The average Bonchev–Trinajstić information content (AvgIpc) is 2.82. The topological polar surface area (TPSA) is 111 Å². The second-order valence-corrected chi connectivity index (χ2v) is 8.32. The average molecular weight is 509 g/mol. The molecule has 2 aromatic rings. The van der Waals surface area contributed by atoms with Crippen LogP contribution in [0.15, 0.2) is 48.5 Å². The Balaban J connectivity index is 1.60. The zero-order chi connectivity index (χ0) is 24.9. The number of nitrogens with one attached hydrogen (secondary N) is 2. The maximum atomic E-state index is 12.2. The molecule has 34 heavy (non-hydrogen) atoms. The molecule has 2 aromatic carbocycles. The van der Waals surface area contributed by atoms with Crippen LogP contribution in [0.25, 0.3) is 0 Å². The number of carbonyl (C=O) groups is 4. The van der Waals surface area contributed by atoms with Gasteiger partial charge in [-0.3, -0.25) is 14.4 Å². The van der Waals surface area contributed by atoms with Crippen molar-refractivity contribution in [2.24, 2.45) is 5.92 Å². The van der Waals surface area contributed by atoms with Gasteiger partial charge in [0, 0.05) is 27.9 Å². The third-order valence-corrected chi connectivity index (χ3v) is 5.36. The SMILES string of the molecule is C[C@H](CC(=O)CNC(=O)OCc1ccccc1)C(=O)NCC(=O)COCc1c(Cl)cccc1Cl. The third-order valence-electron chi connectivity index (χ3n) is 4.66. The van der Waals surface area contributed by atoms with E-state index in [2.05, 4.69) is 10.6 Å². The first-order chi connectivity index (χ1) is 16.3. The van der Waals surface area contributed by atoms with E-state index >= 15 is 0 Å². The number of benzene rings is 2. The lowest BCUT2D eigenvalue weighted by atomic mass is 10.0. The molecule has 2 rings (SSSR count). The summed E-state index contributed by atoms with van der Waals surface area (Å²) in [5.41, 5.74) is 1.40. The number of hydrogen-bond acceptors (Lipinski definition) is 6. The number of rotatable bonds is 13. The van der Waals surface area contributed by atoms with Crippen LogP contribution in [-0.4, -0.2) is 43.3 Å². The van der Waals surface area contributed by atoms with Crippen molar-refractivity contribution < 1.29 is 28.7 Å². The quantitative estimate of drug-likeness (QED) is 0.426. The highest BCUT2D eigenvalue weighted by Gasteiger charge is 2.18. The molecule has 0 aliphatic rings. The Morgan fingerprint density at radius 1 is 0.853 bits per heavy atom. The van der Waals surface area contributed by atoms with E-state index in [4.69, 9.17) is 32.7 Å². The van der Waals surface area contributed by atoms with Crippen LogP contribution in [0.2, 0.25) is 10.0 Å². The molecule has 0 aromatic heterocycles. The lowest BCUT2D eigenvalue weighted by Crippen LogP contribution is -2.37. The Morgan fingerprint density at radius 2 is 1.50 bits per heavy atom. The fraction of sp³-hybridized carbons (Fsp3) is 0.333. The maximum absolute atomic E-state index is 12.2. The zero-order valence-electron chi connectivity index (χ0n) is 18.6. The summed E-state index contributed by atoms with van der Waals surface area (Å²) in [5.74, 6) is -1.82. The first-order valence-corrected chi connectivity index (χ1v) is 11.3. The van der Waals surface area contributed by atoms with Crippen LogP contribution in [0.3, 0.4) is 0 Å². The van der Waals surface area contributed by atoms with Crippen LogP contribution in [0.5, 0.6) is 0 Å². The molecule has 0 unspecified atom stereocenters. The maximum Gasteiger partial charge on any atom is 0.407 e. The normalized spacial score (nSPS) is 11.4. The summed E-state index contributed by atoms with van der Waals surface area (Å²) in [7, 11) is 0. The van der Waals surface area contributed by atoms with Gasteiger partial charge in [0.15, 0.2) is 11.6 Å². The summed E-state index contributed by atoms with van der Waals surface area (Å²) in [6.45, 7) is 0.971. The fourth-order valence-corrected chi connectivity index (χ4v) is 3.31. The Bertz CT molecular complexity index is 980. The van der Waals surface area contributed by atoms with Crippen LogP contribution >= 0.6 is 23.2 Å². The number of alkyl carbamates (subject to hydrolysis) is 1. The molecule has 0 fully saturated rings. The highest BCUT2D eigenvalue weighted by atomic mass is 35.5. The molecule has 0 aliphatic heterocycles. The number of ether oxygens (including phenoxy) is 2. The smallest absolute Gasteiger partial charge is 0.407 e. The van der Waals surface area contributed by atoms with Gasteiger partial charge >= 0.3 is 6.09 Å². The van der Waals surface area contributed by atoms with E-state index in [0.717, 1.165) is 5.56 Å². The van der Waals surface area contributed by atoms with Crippen molar-refractivity contribution in [1.29, 1.82) is 0 Å². The highest BCUT2D eigenvalue weighted by molar-refractivity contribution is 6.35. The standard InChI is InChI=1S/C24H26Cl2N2O6/c1-16(10-18(29)11-28-24(32)34-13-17-6-3-2-4-7-17)23(31)27-12-19(30)14-33-15-20-21(25)8-5-9-22(20)26/h2-9,16H,10-15H2,1H3,(H,27,31)(H,28,32)/t16-/m1/s1. The molecule has 10 heteroatoms. The van der Waals surface area contributed by atoms with Crippen molar-refractivity contribution in [2.45, 2.75) is 26.6 Å². The van der Waals surface area contributed by atoms with E-state index < -0.39 is 17.9 Å². The third kappa shape index (κ3) is 9.91. The molecule has 2 amide bonds. The Hall–Kier alpha value is -2.94. The number of amides is 2. The lowest BCUT2D eigenvalue weighted by Gasteiger charge is -2.12. The van der Waals surface area contributed by atoms with Gasteiger partial charge in [0.25, 0.3) is 0 Å². The van der Waals surface area contributed by atoms with Crippen LogP contribution < -0.4 is 10.6 Å². The lowest BCUT2D eigenvalue weighted by molar-refractivity contribution is -0.131. The predicted octanol–water partition coefficient (Wildman–Crippen LogP) is 3.72. The van der Waals surface area contributed by atoms with Crippen molar-refractivity contribution in [3.63, 3.8) is 0 Å². The second-order valence-electron chi connectivity index (χ2n) is 7.51. The second kappa shape index (κ2) is 14.3. The largest absolute Gasteiger partial charge is 0.445 e. The zero-order valence-corrected chi connectivity index (χ0v) is 20.2. The number of halogens is 2. The summed E-state index contributed by atoms with van der Waals surface area (Å²) >= 11 is 12.1. The van der Waals surface area contributed by atoms with Gasteiger partial charge in [-0.15, -0.1) is 0 Å². The molecule has 0 radical (unpaired) electrons. The van der Waals surface area contributed by atoms with Crippen molar-refractivity contribution in [2.75, 3.05) is 19.7 Å². The minimum atomic E-state index is -0.724. The Kier molecular flexibility index (Phi) is 11.5. The van der Waals surface area contributed by atoms with Crippen LogP contribution in [0.4, 0.5) is 4.79 Å². The summed E-state index contributed by atoms with van der Waals surface area (Å²) in [4.78, 5) is 47.9. The molecule has 0 aliphatic carbocycles. The fourth-order valence-electron chi connectivity index (χ4n) is 2.80. The van der Waals surface area contributed by atoms with Crippen LogP contribution in [-0.2, 0) is 37.1 Å². The van der Waals surface area contributed by atoms with Crippen molar-refractivity contribution >= 4 is 46.8 Å². The molecule has 0 spiro atoms. The van der Waals surface area contributed by atoms with Gasteiger partial charge in [-0.2, -0.15) is 0 Å². The number of hydrogen-bond donors (Lipinski definition) is 2. The number of ketones is 2. The van der Waals surface area contributed by atoms with E-state index in [1.807, 2.05) is 30.3 Å². The summed E-state index contributed by atoms with van der Waals surface area (Å²) in [6, 6.07) is 14.2. The van der Waals surface area contributed by atoms with Gasteiger partial charge in [0.05, 0.1) is 19.7 Å². The molecule has 0 saturated heterocycles. The number of Topliss-reactive ketones (excluding diaryl/α,β-unsaturated/α-hetero) is 2. The van der Waals surface area contributed by atoms with Crippen molar-refractivity contribution in [3.8, 4) is 0 Å². The first-order valence-electron chi connectivity index (χ1n) is 10.5. The monoisotopic (exact) mass is 508 g/mol. The molecule has 8 nitrogen and oxygen atoms in total. The van der Waals surface area contributed by atoms with E-state index in [-0.39, 0.29) is 50.9 Å². The van der Waals surface area contributed by atoms with Crippen molar-refractivity contribution in [3.05, 3.63) is 69.7 Å². The highest BCUT2D eigenvalue weighted by Crippen LogP contribution is 2.24. The molecule has 0 saturated carbocycles. The molecular weight excluding hydrogens is 483 g/mol. The minimum absolute atomic E-state index is 0.0594. The van der Waals surface area contributed by atoms with Crippen LogP contribution in [0.1, 0.15) is 24.5 Å². The van der Waals surface area contributed by atoms with Gasteiger partial charge in [-0.05, 0) is 17.7 Å². The number of carbonyl (C=O) groups excluding carboxylic acids is 4. The van der Waals surface area contributed by atoms with Gasteiger partial charge < -0.3 is 20.1 Å². The van der Waals surface area contributed by atoms with E-state index in [1.165, 1.54) is 0 Å². The van der Waals surface area contributed by atoms with E-state index in [0.29, 0.717) is 15.6 Å². The van der Waals surface area contributed by atoms with Gasteiger partial charge in [-0.25, -0.2) is 4.79 Å². The molecule has 182 valence electrons. The molecule has 2 N–H and O–H groups in total. The van der Waals surface area contributed by atoms with Crippen molar-refractivity contribution in [1.82, 2.24) is 10.6 Å². The summed E-state index contributed by atoms with van der Waals surface area (Å²) in [6.07, 6.45) is -0.821.